The van der Waals surface area contributed by atoms with Crippen molar-refractivity contribution in [2.45, 2.75) is 270 Å². The van der Waals surface area contributed by atoms with E-state index in [1.165, 1.54) is 116 Å². The smallest absolute Gasteiger partial charge is 0.306 e. The highest BCUT2D eigenvalue weighted by atomic mass is 16.7. The molecule has 0 aromatic heterocycles. The number of nitrogens with zero attached hydrogens (tertiary/aromatic N) is 1. The summed E-state index contributed by atoms with van der Waals surface area (Å²) in [5.41, 5.74) is 0. The molecule has 0 amide bonds. The van der Waals surface area contributed by atoms with E-state index < -0.39 is 24.3 Å². The van der Waals surface area contributed by atoms with Crippen LogP contribution in [0.25, 0.3) is 0 Å². The van der Waals surface area contributed by atoms with Crippen LogP contribution in [0.4, 0.5) is 0 Å². The maximum absolute atomic E-state index is 12.9. The molecule has 0 saturated heterocycles. The lowest BCUT2D eigenvalue weighted by molar-refractivity contribution is -0.870. The minimum atomic E-state index is -1.65. The molecule has 87 heavy (non-hydrogen) atoms. The van der Waals surface area contributed by atoms with Gasteiger partial charge in [-0.25, -0.2) is 0 Å². The number of carboxylic acids is 1. The van der Waals surface area contributed by atoms with Crippen molar-refractivity contribution in [3.8, 4) is 0 Å². The van der Waals surface area contributed by atoms with Crippen LogP contribution in [0.15, 0.2) is 158 Å². The van der Waals surface area contributed by atoms with Crippen molar-refractivity contribution < 1.29 is 42.9 Å². The Morgan fingerprint density at radius 2 is 0.655 bits per heavy atom. The summed E-state index contributed by atoms with van der Waals surface area (Å²) in [6.07, 6.45) is 96.1. The van der Waals surface area contributed by atoms with Crippen molar-refractivity contribution >= 4 is 17.9 Å². The molecular formula is C78H127NO8. The van der Waals surface area contributed by atoms with Gasteiger partial charge >= 0.3 is 11.9 Å². The molecule has 2 atom stereocenters. The fourth-order valence-corrected chi connectivity index (χ4v) is 8.98. The van der Waals surface area contributed by atoms with Crippen LogP contribution in [0.2, 0.25) is 0 Å². The third-order valence-electron chi connectivity index (χ3n) is 14.3. The van der Waals surface area contributed by atoms with Crippen molar-refractivity contribution in [1.29, 1.82) is 0 Å². The Morgan fingerprint density at radius 1 is 0.356 bits per heavy atom. The summed E-state index contributed by atoms with van der Waals surface area (Å²) in [5, 5.41) is 11.8. The standard InChI is InChI=1S/C78H127NO8/c1-6-8-10-12-14-16-18-20-22-24-26-28-30-32-34-36-37-38-39-41-43-45-47-49-51-53-55-57-59-61-63-65-67-69-76(81)87-74(73-86-78(77(82)83)84-71-70-79(3,4)5)72-85-75(80)68-66-64-62-60-58-56-54-52-50-48-46-44-42-40-35-33-31-29-27-25-23-21-19-17-15-13-11-9-7-2/h8,10,14,16,19-22,25-28,31-34,37-38,41,43,47,49,53,55,59,61,74,78H,6-7,9,11-13,15,17-18,23-24,29-30,35-36,39-40,42,44-46,48,50-52,54,56-58,60,62-73H2,1-5H3/b10-8-,16-14-,21-19-,22-20-,27-25-,28-26-,33-31-,34-32-,38-37-,43-41-,49-47-,55-53-,61-59-. The third kappa shape index (κ3) is 68.3. The summed E-state index contributed by atoms with van der Waals surface area (Å²) in [6, 6.07) is 0. The zero-order valence-electron chi connectivity index (χ0n) is 56.1. The average Bonchev–Trinajstić information content (AvgIpc) is 3.59. The number of unbranched alkanes of at least 4 members (excludes halogenated alkanes) is 21. The van der Waals surface area contributed by atoms with Crippen molar-refractivity contribution in [3.05, 3.63) is 158 Å². The van der Waals surface area contributed by atoms with Crippen LogP contribution in [0.3, 0.4) is 0 Å². The Balaban J connectivity index is 4.28. The van der Waals surface area contributed by atoms with Crippen molar-refractivity contribution in [3.63, 3.8) is 0 Å². The van der Waals surface area contributed by atoms with E-state index in [-0.39, 0.29) is 38.6 Å². The summed E-state index contributed by atoms with van der Waals surface area (Å²) in [4.78, 5) is 37.5. The van der Waals surface area contributed by atoms with Crippen LogP contribution < -0.4 is 5.11 Å². The normalized spacial score (nSPS) is 13.7. The number of quaternary nitrogens is 1. The molecule has 0 bridgehead atoms. The van der Waals surface area contributed by atoms with Gasteiger partial charge in [-0.05, 0) is 128 Å². The summed E-state index contributed by atoms with van der Waals surface area (Å²) >= 11 is 0. The van der Waals surface area contributed by atoms with Crippen LogP contribution in [0.1, 0.15) is 258 Å². The first-order valence-corrected chi connectivity index (χ1v) is 34.6. The Hall–Kier alpha value is -5.09. The second-order valence-corrected chi connectivity index (χ2v) is 23.7. The third-order valence-corrected chi connectivity index (χ3v) is 14.3. The maximum atomic E-state index is 12.9. The number of rotatable bonds is 62. The molecule has 0 fully saturated rings. The molecule has 0 N–H and O–H groups in total. The van der Waals surface area contributed by atoms with Crippen molar-refractivity contribution in [2.75, 3.05) is 47.5 Å². The first kappa shape index (κ1) is 81.9. The van der Waals surface area contributed by atoms with Gasteiger partial charge in [0, 0.05) is 12.8 Å². The number of likely N-dealkylation sites (N-methyl/N-ethyl adjacent to an activating group) is 1. The molecular weight excluding hydrogens is 1080 g/mol. The van der Waals surface area contributed by atoms with Gasteiger partial charge in [0.2, 0.25) is 0 Å². The first-order valence-electron chi connectivity index (χ1n) is 34.6. The van der Waals surface area contributed by atoms with Crippen LogP contribution in [-0.4, -0.2) is 82.3 Å². The minimum Gasteiger partial charge on any atom is -0.545 e. The molecule has 0 spiro atoms. The number of esters is 2. The number of carbonyl (C=O) groups is 3. The lowest BCUT2D eigenvalue weighted by Crippen LogP contribution is -2.44. The zero-order chi connectivity index (χ0) is 63.3. The van der Waals surface area contributed by atoms with E-state index in [0.717, 1.165) is 109 Å². The summed E-state index contributed by atoms with van der Waals surface area (Å²) in [6.45, 7) is 4.56. The number of aliphatic carboxylic acids is 1. The quantitative estimate of drug-likeness (QED) is 0.0195. The largest absolute Gasteiger partial charge is 0.545 e. The Morgan fingerprint density at radius 3 is 1.00 bits per heavy atom. The molecule has 2 unspecified atom stereocenters. The number of hydrogen-bond donors (Lipinski definition) is 0. The van der Waals surface area contributed by atoms with Crippen LogP contribution in [0, 0.1) is 0 Å². The van der Waals surface area contributed by atoms with Crippen molar-refractivity contribution in [2.24, 2.45) is 0 Å². The molecule has 0 radical (unpaired) electrons. The fraction of sp³-hybridized carbons (Fsp3) is 0.628. The van der Waals surface area contributed by atoms with E-state index >= 15 is 0 Å². The van der Waals surface area contributed by atoms with E-state index in [0.29, 0.717) is 17.4 Å². The highest BCUT2D eigenvalue weighted by molar-refractivity contribution is 5.70. The molecule has 0 aromatic carbocycles. The predicted molar refractivity (Wildman–Crippen MR) is 370 cm³/mol. The zero-order valence-corrected chi connectivity index (χ0v) is 56.1. The lowest BCUT2D eigenvalue weighted by atomic mass is 10.0. The topological polar surface area (TPSA) is 111 Å². The van der Waals surface area contributed by atoms with Gasteiger partial charge in [0.15, 0.2) is 12.4 Å². The number of hydrogen-bond acceptors (Lipinski definition) is 8. The molecule has 0 heterocycles. The lowest BCUT2D eigenvalue weighted by Gasteiger charge is -2.26. The van der Waals surface area contributed by atoms with Gasteiger partial charge in [-0.15, -0.1) is 0 Å². The Bertz CT molecular complexity index is 1990. The van der Waals surface area contributed by atoms with Crippen LogP contribution >= 0.6 is 0 Å². The minimum absolute atomic E-state index is 0.130. The van der Waals surface area contributed by atoms with Gasteiger partial charge in [-0.3, -0.25) is 9.59 Å². The first-order chi connectivity index (χ1) is 42.6. The Kier molecular flexibility index (Phi) is 62.9. The van der Waals surface area contributed by atoms with Gasteiger partial charge in [-0.1, -0.05) is 275 Å². The van der Waals surface area contributed by atoms with E-state index in [4.69, 9.17) is 18.9 Å². The SMILES string of the molecule is CC/C=C\C/C=C\C/C=C\C/C=C\C/C=C\C/C=C\C/C=C\C/C=C\C/C=C\C/C=C\CCCCC(=O)OC(COC(=O)CCCCCCCCCCCCCCCC/C=C\C/C=C\C/C=C\CCCCCCC)COC(OCC[N+](C)(C)C)C(=O)[O-]. The molecule has 0 rings (SSSR count). The number of carbonyl (C=O) groups excluding carboxylic acids is 3. The highest BCUT2D eigenvalue weighted by Gasteiger charge is 2.22. The van der Waals surface area contributed by atoms with Crippen molar-refractivity contribution in [1.82, 2.24) is 0 Å². The van der Waals surface area contributed by atoms with Gasteiger partial charge in [-0.2, -0.15) is 0 Å². The molecule has 0 aliphatic rings. The van der Waals surface area contributed by atoms with E-state index in [9.17, 15) is 19.5 Å². The average molecular weight is 1210 g/mol. The number of allylic oxidation sites excluding steroid dienone is 26. The molecule has 9 nitrogen and oxygen atoms in total. The molecule has 492 valence electrons. The number of carboxylic acid groups (broad SMARTS) is 1. The number of ether oxygens (including phenoxy) is 4. The second-order valence-electron chi connectivity index (χ2n) is 23.7. The van der Waals surface area contributed by atoms with Gasteiger partial charge in [0.25, 0.3) is 0 Å². The summed E-state index contributed by atoms with van der Waals surface area (Å²) in [5.74, 6) is -2.36. The van der Waals surface area contributed by atoms with Crippen LogP contribution in [-0.2, 0) is 33.3 Å². The molecule has 0 aliphatic carbocycles. The predicted octanol–water partition coefficient (Wildman–Crippen LogP) is 20.4. The molecule has 0 saturated carbocycles. The van der Waals surface area contributed by atoms with Gasteiger partial charge in [0.05, 0.1) is 40.3 Å². The molecule has 0 aliphatic heterocycles. The van der Waals surface area contributed by atoms with E-state index in [1.807, 2.05) is 21.1 Å². The molecule has 0 aromatic rings. The van der Waals surface area contributed by atoms with E-state index in [1.54, 1.807) is 0 Å². The van der Waals surface area contributed by atoms with Gasteiger partial charge in [0.1, 0.15) is 13.2 Å². The maximum Gasteiger partial charge on any atom is 0.306 e. The van der Waals surface area contributed by atoms with Gasteiger partial charge < -0.3 is 33.3 Å². The van der Waals surface area contributed by atoms with Crippen LogP contribution in [0.5, 0.6) is 0 Å². The van der Waals surface area contributed by atoms with E-state index in [2.05, 4.69) is 172 Å². The fourth-order valence-electron chi connectivity index (χ4n) is 8.98. The molecule has 9 heteroatoms. The Labute approximate surface area is 534 Å². The monoisotopic (exact) mass is 1210 g/mol. The summed E-state index contributed by atoms with van der Waals surface area (Å²) < 4.78 is 22.7. The highest BCUT2D eigenvalue weighted by Crippen LogP contribution is 2.15. The second kappa shape index (κ2) is 66.9. The summed E-state index contributed by atoms with van der Waals surface area (Å²) in [7, 11) is 5.90.